The largest absolute Gasteiger partial charge is 0.351 e. The van der Waals surface area contributed by atoms with Crippen molar-refractivity contribution >= 4 is 40.0 Å². The normalized spacial score (nSPS) is 10.8. The van der Waals surface area contributed by atoms with Gasteiger partial charge in [0.2, 0.25) is 5.91 Å². The molecule has 3 aromatic rings. The van der Waals surface area contributed by atoms with Crippen LogP contribution >= 0.6 is 23.4 Å². The smallest absolute Gasteiger partial charge is 0.230 e. The van der Waals surface area contributed by atoms with Crippen LogP contribution in [0.3, 0.4) is 0 Å². The molecule has 0 saturated heterocycles. The molecule has 0 aliphatic rings. The Bertz CT molecular complexity index is 856. The van der Waals surface area contributed by atoms with Crippen molar-refractivity contribution in [2.75, 3.05) is 5.75 Å². The van der Waals surface area contributed by atoms with Gasteiger partial charge in [0.15, 0.2) is 0 Å². The summed E-state index contributed by atoms with van der Waals surface area (Å²) < 4.78 is 0. The summed E-state index contributed by atoms with van der Waals surface area (Å²) in [6, 6.07) is 20.0. The van der Waals surface area contributed by atoms with E-state index in [1.165, 1.54) is 17.3 Å². The number of carbonyl (C=O) groups is 1. The van der Waals surface area contributed by atoms with Crippen molar-refractivity contribution in [1.29, 1.82) is 0 Å². The molecule has 0 fully saturated rings. The fourth-order valence-corrected chi connectivity index (χ4v) is 3.76. The molecule has 4 heteroatoms. The number of amides is 1. The van der Waals surface area contributed by atoms with E-state index in [4.69, 9.17) is 11.6 Å². The second-order valence-electron chi connectivity index (χ2n) is 5.65. The fourth-order valence-electron chi connectivity index (χ4n) is 2.48. The lowest BCUT2D eigenvalue weighted by atomic mass is 10.1. The van der Waals surface area contributed by atoms with Crippen molar-refractivity contribution in [3.8, 4) is 0 Å². The molecule has 3 aromatic carbocycles. The van der Waals surface area contributed by atoms with E-state index in [0.29, 0.717) is 12.3 Å². The average molecular weight is 356 g/mol. The molecule has 1 N–H and O–H groups in total. The maximum atomic E-state index is 12.1. The molecular weight excluding hydrogens is 338 g/mol. The van der Waals surface area contributed by atoms with Gasteiger partial charge in [-0.25, -0.2) is 0 Å². The quantitative estimate of drug-likeness (QED) is 0.636. The molecule has 1 amide bonds. The van der Waals surface area contributed by atoms with Gasteiger partial charge >= 0.3 is 0 Å². The second kappa shape index (κ2) is 7.73. The zero-order valence-electron chi connectivity index (χ0n) is 13.4. The lowest BCUT2D eigenvalue weighted by molar-refractivity contribution is -0.118. The maximum Gasteiger partial charge on any atom is 0.230 e. The first-order chi connectivity index (χ1) is 11.6. The van der Waals surface area contributed by atoms with Crippen LogP contribution in [0.2, 0.25) is 5.02 Å². The zero-order valence-corrected chi connectivity index (χ0v) is 15.0. The Hall–Kier alpha value is -1.97. The molecule has 0 heterocycles. The van der Waals surface area contributed by atoms with Gasteiger partial charge in [0.05, 0.1) is 5.75 Å². The Morgan fingerprint density at radius 3 is 2.50 bits per heavy atom. The number of rotatable bonds is 5. The number of hydrogen-bond donors (Lipinski definition) is 1. The molecule has 0 spiro atoms. The van der Waals surface area contributed by atoms with Gasteiger partial charge in [-0.1, -0.05) is 65.7 Å². The first-order valence-electron chi connectivity index (χ1n) is 7.76. The molecule has 3 rings (SSSR count). The topological polar surface area (TPSA) is 29.1 Å². The maximum absolute atomic E-state index is 12.1. The first kappa shape index (κ1) is 16.9. The first-order valence-corrected chi connectivity index (χ1v) is 9.12. The minimum Gasteiger partial charge on any atom is -0.351 e. The molecule has 0 atom stereocenters. The predicted octanol–water partition coefficient (Wildman–Crippen LogP) is 5.21. The summed E-state index contributed by atoms with van der Waals surface area (Å²) in [5.41, 5.74) is 2.32. The molecule has 0 saturated carbocycles. The monoisotopic (exact) mass is 355 g/mol. The zero-order chi connectivity index (χ0) is 16.9. The van der Waals surface area contributed by atoms with E-state index in [2.05, 4.69) is 5.32 Å². The number of carbonyl (C=O) groups excluding carboxylic acids is 1. The molecule has 24 heavy (non-hydrogen) atoms. The molecule has 0 aliphatic carbocycles. The molecule has 0 bridgehead atoms. The third-order valence-electron chi connectivity index (χ3n) is 3.78. The van der Waals surface area contributed by atoms with Crippen LogP contribution in [0.4, 0.5) is 0 Å². The summed E-state index contributed by atoms with van der Waals surface area (Å²) in [7, 11) is 0. The molecular formula is C20H18ClNOS. The van der Waals surface area contributed by atoms with Gasteiger partial charge in [0, 0.05) is 21.8 Å². The van der Waals surface area contributed by atoms with Crippen LogP contribution < -0.4 is 5.32 Å². The Labute approximate surface area is 151 Å². The van der Waals surface area contributed by atoms with E-state index in [0.717, 1.165) is 26.3 Å². The predicted molar refractivity (Wildman–Crippen MR) is 103 cm³/mol. The van der Waals surface area contributed by atoms with Crippen molar-refractivity contribution in [3.63, 3.8) is 0 Å². The molecule has 0 aromatic heterocycles. The third kappa shape index (κ3) is 4.11. The standard InChI is InChI=1S/C20H18ClNOS/c1-14-8-10-15(11-9-14)12-22-19(23)13-24-18-7-3-5-16-4-2-6-17(21)20(16)18/h2-11H,12-13H2,1H3,(H,22,23). The highest BCUT2D eigenvalue weighted by molar-refractivity contribution is 8.00. The highest BCUT2D eigenvalue weighted by Gasteiger charge is 2.08. The van der Waals surface area contributed by atoms with Gasteiger partial charge in [-0.15, -0.1) is 11.8 Å². The van der Waals surface area contributed by atoms with Gasteiger partial charge in [0.25, 0.3) is 0 Å². The number of hydrogen-bond acceptors (Lipinski definition) is 2. The van der Waals surface area contributed by atoms with Gasteiger partial charge in [0.1, 0.15) is 0 Å². The van der Waals surface area contributed by atoms with E-state index in [9.17, 15) is 4.79 Å². The molecule has 0 aliphatic heterocycles. The van der Waals surface area contributed by atoms with Gasteiger partial charge < -0.3 is 5.32 Å². The van der Waals surface area contributed by atoms with Crippen molar-refractivity contribution in [2.45, 2.75) is 18.4 Å². The lowest BCUT2D eigenvalue weighted by Gasteiger charge is -2.09. The number of nitrogens with one attached hydrogen (secondary N) is 1. The van der Waals surface area contributed by atoms with Crippen LogP contribution in [0, 0.1) is 6.92 Å². The van der Waals surface area contributed by atoms with Crippen LogP contribution in [0.5, 0.6) is 0 Å². The number of benzene rings is 3. The van der Waals surface area contributed by atoms with E-state index < -0.39 is 0 Å². The Morgan fingerprint density at radius 1 is 1.04 bits per heavy atom. The Kier molecular flexibility index (Phi) is 5.44. The van der Waals surface area contributed by atoms with Crippen molar-refractivity contribution in [1.82, 2.24) is 5.32 Å². The van der Waals surface area contributed by atoms with Crippen molar-refractivity contribution < 1.29 is 4.79 Å². The lowest BCUT2D eigenvalue weighted by Crippen LogP contribution is -2.24. The minimum atomic E-state index is 0.0182. The van der Waals surface area contributed by atoms with E-state index in [-0.39, 0.29) is 5.91 Å². The van der Waals surface area contributed by atoms with Gasteiger partial charge in [-0.2, -0.15) is 0 Å². The number of aryl methyl sites for hydroxylation is 1. The van der Waals surface area contributed by atoms with Gasteiger partial charge in [-0.3, -0.25) is 4.79 Å². The number of fused-ring (bicyclic) bond motifs is 1. The highest BCUT2D eigenvalue weighted by atomic mass is 35.5. The van der Waals surface area contributed by atoms with E-state index >= 15 is 0 Å². The SMILES string of the molecule is Cc1ccc(CNC(=O)CSc2cccc3cccc(Cl)c23)cc1. The summed E-state index contributed by atoms with van der Waals surface area (Å²) in [6.45, 7) is 2.60. The molecule has 2 nitrogen and oxygen atoms in total. The van der Waals surface area contributed by atoms with E-state index in [1.807, 2.05) is 67.6 Å². The molecule has 0 radical (unpaired) electrons. The molecule has 122 valence electrons. The van der Waals surface area contributed by atoms with Crippen LogP contribution in [-0.4, -0.2) is 11.7 Å². The minimum absolute atomic E-state index is 0.0182. The van der Waals surface area contributed by atoms with Crippen LogP contribution in [0.1, 0.15) is 11.1 Å². The summed E-state index contributed by atoms with van der Waals surface area (Å²) >= 11 is 7.83. The van der Waals surface area contributed by atoms with Gasteiger partial charge in [-0.05, 0) is 30.0 Å². The molecule has 0 unspecified atom stereocenters. The third-order valence-corrected chi connectivity index (χ3v) is 5.16. The van der Waals surface area contributed by atoms with E-state index in [1.54, 1.807) is 0 Å². The summed E-state index contributed by atoms with van der Waals surface area (Å²) in [5.74, 6) is 0.389. The summed E-state index contributed by atoms with van der Waals surface area (Å²) in [6.07, 6.45) is 0. The van der Waals surface area contributed by atoms with Crippen molar-refractivity contribution in [2.24, 2.45) is 0 Å². The van der Waals surface area contributed by atoms with Crippen LogP contribution in [0.25, 0.3) is 10.8 Å². The number of halogens is 1. The Morgan fingerprint density at radius 2 is 1.75 bits per heavy atom. The van der Waals surface area contributed by atoms with Crippen LogP contribution in [-0.2, 0) is 11.3 Å². The Balaban J connectivity index is 1.61. The average Bonchev–Trinajstić information content (AvgIpc) is 2.59. The fraction of sp³-hybridized carbons (Fsp3) is 0.150. The second-order valence-corrected chi connectivity index (χ2v) is 7.07. The summed E-state index contributed by atoms with van der Waals surface area (Å²) in [5, 5.41) is 5.78. The summed E-state index contributed by atoms with van der Waals surface area (Å²) in [4.78, 5) is 13.1. The van der Waals surface area contributed by atoms with Crippen LogP contribution in [0.15, 0.2) is 65.6 Å². The van der Waals surface area contributed by atoms with Crippen molar-refractivity contribution in [3.05, 3.63) is 76.8 Å². The highest BCUT2D eigenvalue weighted by Crippen LogP contribution is 2.33. The number of thioether (sulfide) groups is 1.